The van der Waals surface area contributed by atoms with Gasteiger partial charge in [0.15, 0.2) is 0 Å². The Hall–Kier alpha value is -0.120. The first-order valence-electron chi connectivity index (χ1n) is 5.93. The van der Waals surface area contributed by atoms with E-state index in [1.54, 1.807) is 0 Å². The van der Waals surface area contributed by atoms with Crippen molar-refractivity contribution in [1.29, 1.82) is 0 Å². The number of hydrogen-bond acceptors (Lipinski definition) is 3. The molecule has 0 radical (unpaired) electrons. The SMILES string of the molecule is CCC(C)COCC(C)(CC)COCN. The van der Waals surface area contributed by atoms with Crippen molar-refractivity contribution in [3.63, 3.8) is 0 Å². The van der Waals surface area contributed by atoms with Crippen molar-refractivity contribution < 1.29 is 9.47 Å². The van der Waals surface area contributed by atoms with E-state index in [0.29, 0.717) is 19.3 Å². The summed E-state index contributed by atoms with van der Waals surface area (Å²) in [5, 5.41) is 0. The van der Waals surface area contributed by atoms with Gasteiger partial charge >= 0.3 is 0 Å². The van der Waals surface area contributed by atoms with Gasteiger partial charge in [0.25, 0.3) is 0 Å². The van der Waals surface area contributed by atoms with Crippen molar-refractivity contribution in [1.82, 2.24) is 0 Å². The molecule has 0 spiro atoms. The first kappa shape index (κ1) is 14.9. The van der Waals surface area contributed by atoms with Crippen LogP contribution < -0.4 is 5.73 Å². The first-order chi connectivity index (χ1) is 7.08. The number of nitrogens with two attached hydrogens (primary N) is 1. The summed E-state index contributed by atoms with van der Waals surface area (Å²) in [4.78, 5) is 0. The summed E-state index contributed by atoms with van der Waals surface area (Å²) in [6.07, 6.45) is 2.22. The molecule has 2 N–H and O–H groups in total. The third kappa shape index (κ3) is 6.88. The van der Waals surface area contributed by atoms with Gasteiger partial charge in [-0.1, -0.05) is 34.1 Å². The molecule has 0 aliphatic rings. The molecule has 0 rings (SSSR count). The maximum atomic E-state index is 5.72. The Balaban J connectivity index is 3.76. The van der Waals surface area contributed by atoms with Gasteiger partial charge in [-0.15, -0.1) is 0 Å². The highest BCUT2D eigenvalue weighted by atomic mass is 16.5. The van der Waals surface area contributed by atoms with Gasteiger partial charge in [-0.3, -0.25) is 0 Å². The van der Waals surface area contributed by atoms with E-state index in [1.807, 2.05) is 0 Å². The van der Waals surface area contributed by atoms with Crippen molar-refractivity contribution in [2.75, 3.05) is 26.6 Å². The minimum absolute atomic E-state index is 0.104. The second kappa shape index (κ2) is 8.08. The zero-order chi connectivity index (χ0) is 11.7. The summed E-state index contributed by atoms with van der Waals surface area (Å²) in [5.74, 6) is 0.640. The molecule has 0 amide bonds. The maximum absolute atomic E-state index is 5.72. The molecule has 0 saturated heterocycles. The fourth-order valence-electron chi connectivity index (χ4n) is 1.18. The summed E-state index contributed by atoms with van der Waals surface area (Å²) in [7, 11) is 0. The smallest absolute Gasteiger partial charge is 0.0940 e. The highest BCUT2D eigenvalue weighted by molar-refractivity contribution is 4.71. The first-order valence-corrected chi connectivity index (χ1v) is 5.93. The molecule has 15 heavy (non-hydrogen) atoms. The molecule has 0 aromatic carbocycles. The Bertz CT molecular complexity index is 153. The Morgan fingerprint density at radius 1 is 1.20 bits per heavy atom. The number of hydrogen-bond donors (Lipinski definition) is 1. The monoisotopic (exact) mass is 217 g/mol. The van der Waals surface area contributed by atoms with Gasteiger partial charge in [0, 0.05) is 12.0 Å². The molecular weight excluding hydrogens is 190 g/mol. The van der Waals surface area contributed by atoms with Crippen LogP contribution in [0.4, 0.5) is 0 Å². The van der Waals surface area contributed by atoms with E-state index in [4.69, 9.17) is 15.2 Å². The molecular formula is C12H27NO2. The highest BCUT2D eigenvalue weighted by Crippen LogP contribution is 2.22. The van der Waals surface area contributed by atoms with Crippen LogP contribution in [0, 0.1) is 11.3 Å². The summed E-state index contributed by atoms with van der Waals surface area (Å²) >= 11 is 0. The number of ether oxygens (including phenoxy) is 2. The van der Waals surface area contributed by atoms with Crippen molar-refractivity contribution in [2.24, 2.45) is 17.1 Å². The van der Waals surface area contributed by atoms with Crippen LogP contribution in [0.1, 0.15) is 40.5 Å². The second-order valence-corrected chi connectivity index (χ2v) is 4.71. The van der Waals surface area contributed by atoms with Crippen LogP contribution in [-0.2, 0) is 9.47 Å². The summed E-state index contributed by atoms with van der Waals surface area (Å²) in [6, 6.07) is 0. The molecule has 2 atom stereocenters. The molecule has 0 saturated carbocycles. The van der Waals surface area contributed by atoms with Crippen LogP contribution in [0.2, 0.25) is 0 Å². The standard InChI is InChI=1S/C12H27NO2/c1-5-11(3)7-14-8-12(4,6-2)9-15-10-13/h11H,5-10,13H2,1-4H3. The quantitative estimate of drug-likeness (QED) is 0.603. The average molecular weight is 217 g/mol. The van der Waals surface area contributed by atoms with Gasteiger partial charge in [-0.05, 0) is 12.3 Å². The van der Waals surface area contributed by atoms with E-state index in [9.17, 15) is 0 Å². The van der Waals surface area contributed by atoms with Crippen molar-refractivity contribution in [2.45, 2.75) is 40.5 Å². The third-order valence-corrected chi connectivity index (χ3v) is 2.97. The third-order valence-electron chi connectivity index (χ3n) is 2.97. The Kier molecular flexibility index (Phi) is 8.02. The van der Waals surface area contributed by atoms with Crippen molar-refractivity contribution in [3.05, 3.63) is 0 Å². The molecule has 2 unspecified atom stereocenters. The average Bonchev–Trinajstić information content (AvgIpc) is 2.26. The zero-order valence-electron chi connectivity index (χ0n) is 10.7. The zero-order valence-corrected chi connectivity index (χ0v) is 10.7. The maximum Gasteiger partial charge on any atom is 0.0940 e. The van der Waals surface area contributed by atoms with Crippen LogP contribution in [0.3, 0.4) is 0 Å². The predicted octanol–water partition coefficient (Wildman–Crippen LogP) is 2.40. The van der Waals surface area contributed by atoms with E-state index in [1.165, 1.54) is 6.42 Å². The molecule has 0 aliphatic heterocycles. The van der Waals surface area contributed by atoms with E-state index in [2.05, 4.69) is 27.7 Å². The lowest BCUT2D eigenvalue weighted by Gasteiger charge is -2.28. The topological polar surface area (TPSA) is 44.5 Å². The summed E-state index contributed by atoms with van der Waals surface area (Å²) in [5.41, 5.74) is 5.43. The molecule has 0 aromatic rings. The van der Waals surface area contributed by atoms with Crippen molar-refractivity contribution >= 4 is 0 Å². The summed E-state index contributed by atoms with van der Waals surface area (Å²) < 4.78 is 11.0. The molecule has 0 heterocycles. The highest BCUT2D eigenvalue weighted by Gasteiger charge is 2.22. The van der Waals surface area contributed by atoms with E-state index < -0.39 is 0 Å². The fourth-order valence-corrected chi connectivity index (χ4v) is 1.18. The van der Waals surface area contributed by atoms with Crippen molar-refractivity contribution in [3.8, 4) is 0 Å². The lowest BCUT2D eigenvalue weighted by atomic mass is 9.90. The molecule has 0 bridgehead atoms. The van der Waals surface area contributed by atoms with Gasteiger partial charge in [0.05, 0.1) is 19.9 Å². The minimum atomic E-state index is 0.104. The van der Waals surface area contributed by atoms with Crippen LogP contribution in [0.25, 0.3) is 0 Å². The second-order valence-electron chi connectivity index (χ2n) is 4.71. The van der Waals surface area contributed by atoms with Gasteiger partial charge in [-0.2, -0.15) is 0 Å². The Labute approximate surface area is 94.3 Å². The van der Waals surface area contributed by atoms with E-state index in [0.717, 1.165) is 19.6 Å². The number of rotatable bonds is 9. The van der Waals surface area contributed by atoms with E-state index in [-0.39, 0.29) is 5.41 Å². The van der Waals surface area contributed by atoms with Gasteiger partial charge in [-0.25, -0.2) is 0 Å². The minimum Gasteiger partial charge on any atom is -0.381 e. The van der Waals surface area contributed by atoms with Gasteiger partial charge < -0.3 is 15.2 Å². The molecule has 0 aromatic heterocycles. The largest absolute Gasteiger partial charge is 0.381 e. The van der Waals surface area contributed by atoms with Gasteiger partial charge in [0.2, 0.25) is 0 Å². The van der Waals surface area contributed by atoms with E-state index >= 15 is 0 Å². The Morgan fingerprint density at radius 3 is 2.27 bits per heavy atom. The lowest BCUT2D eigenvalue weighted by Crippen LogP contribution is -2.30. The van der Waals surface area contributed by atoms with Crippen LogP contribution in [-0.4, -0.2) is 26.6 Å². The molecule has 0 fully saturated rings. The molecule has 3 nitrogen and oxygen atoms in total. The van der Waals surface area contributed by atoms with Crippen LogP contribution >= 0.6 is 0 Å². The van der Waals surface area contributed by atoms with Crippen LogP contribution in [0.5, 0.6) is 0 Å². The van der Waals surface area contributed by atoms with Gasteiger partial charge in [0.1, 0.15) is 0 Å². The molecule has 92 valence electrons. The Morgan fingerprint density at radius 2 is 1.80 bits per heavy atom. The van der Waals surface area contributed by atoms with Crippen LogP contribution in [0.15, 0.2) is 0 Å². The molecule has 0 aliphatic carbocycles. The predicted molar refractivity (Wildman–Crippen MR) is 63.7 cm³/mol. The molecule has 3 heteroatoms. The lowest BCUT2D eigenvalue weighted by molar-refractivity contribution is -0.0213. The normalized spacial score (nSPS) is 17.4. The summed E-state index contributed by atoms with van der Waals surface area (Å²) in [6.45, 7) is 11.3. The fraction of sp³-hybridized carbons (Fsp3) is 1.00.